The third kappa shape index (κ3) is 8.74. The minimum atomic E-state index is -0.573. The van der Waals surface area contributed by atoms with Gasteiger partial charge in [0.05, 0.1) is 25.4 Å². The minimum Gasteiger partial charge on any atom is -0.423 e. The summed E-state index contributed by atoms with van der Waals surface area (Å²) in [4.78, 5) is 24.3. The van der Waals surface area contributed by atoms with Gasteiger partial charge in [-0.25, -0.2) is 9.59 Å². The second-order valence-corrected chi connectivity index (χ2v) is 10.8. The highest BCUT2D eigenvalue weighted by Gasteiger charge is 2.26. The molecule has 4 rings (SSSR count). The number of benzene rings is 3. The molecule has 1 aliphatic heterocycles. The average Bonchev–Trinajstić information content (AvgIpc) is 3.02. The van der Waals surface area contributed by atoms with Crippen LogP contribution in [0.4, 0.5) is 0 Å². The van der Waals surface area contributed by atoms with E-state index >= 15 is 0 Å². The quantitative estimate of drug-likeness (QED) is 0.0876. The molecule has 0 spiro atoms. The zero-order valence-electron chi connectivity index (χ0n) is 25.2. The fourth-order valence-electron chi connectivity index (χ4n) is 4.80. The van der Waals surface area contributed by atoms with Crippen molar-refractivity contribution in [1.29, 1.82) is 0 Å². The number of unbranched alkanes of at least 4 members (excludes halogenated alkanes) is 2. The van der Waals surface area contributed by atoms with Crippen molar-refractivity contribution in [2.75, 3.05) is 26.9 Å². The monoisotopic (exact) mass is 584 g/mol. The molecule has 0 atom stereocenters. The van der Waals surface area contributed by atoms with Crippen molar-refractivity contribution in [3.05, 3.63) is 96.6 Å². The normalized spacial score (nSPS) is 16.3. The highest BCUT2D eigenvalue weighted by molar-refractivity contribution is 5.90. The molecular formula is C36H40O7. The van der Waals surface area contributed by atoms with Crippen molar-refractivity contribution in [2.24, 2.45) is 5.92 Å². The third-order valence-corrected chi connectivity index (χ3v) is 7.22. The molecule has 0 amide bonds. The number of carbonyl (C=O) groups excluding carboxylic acids is 2. The highest BCUT2D eigenvalue weighted by Crippen LogP contribution is 2.37. The molecule has 0 aliphatic carbocycles. The molecule has 0 N–H and O–H groups in total. The maximum atomic E-state index is 12.2. The van der Waals surface area contributed by atoms with Crippen LogP contribution in [0.5, 0.6) is 11.5 Å². The van der Waals surface area contributed by atoms with E-state index < -0.39 is 18.2 Å². The molecule has 1 saturated heterocycles. The summed E-state index contributed by atoms with van der Waals surface area (Å²) < 4.78 is 28.2. The Labute approximate surface area is 254 Å². The fraction of sp³-hybridized carbons (Fsp3) is 0.333. The zero-order valence-corrected chi connectivity index (χ0v) is 25.2. The van der Waals surface area contributed by atoms with Crippen molar-refractivity contribution < 1.29 is 33.3 Å². The van der Waals surface area contributed by atoms with Gasteiger partial charge in [-0.05, 0) is 59.9 Å². The van der Waals surface area contributed by atoms with Crippen LogP contribution in [0.15, 0.2) is 91.0 Å². The lowest BCUT2D eigenvalue weighted by Gasteiger charge is -2.31. The van der Waals surface area contributed by atoms with Crippen molar-refractivity contribution >= 4 is 11.9 Å². The van der Waals surface area contributed by atoms with Gasteiger partial charge in [0.2, 0.25) is 0 Å². The van der Waals surface area contributed by atoms with Crippen LogP contribution in [0.25, 0.3) is 22.3 Å². The largest absolute Gasteiger partial charge is 0.423 e. The molecule has 7 heteroatoms. The van der Waals surface area contributed by atoms with Crippen molar-refractivity contribution in [3.8, 4) is 33.8 Å². The molecule has 226 valence electrons. The SMILES string of the molecule is C=C(C)C(=O)Oc1ccc(-c2ccc(-c3ccc(OC(=O)C(=C)COC)cc3)cc2)c(C2OCC(CCCCC)CO2)c1. The Morgan fingerprint density at radius 1 is 0.814 bits per heavy atom. The maximum Gasteiger partial charge on any atom is 0.341 e. The number of methoxy groups -OCH3 is 1. The van der Waals surface area contributed by atoms with Crippen LogP contribution < -0.4 is 9.47 Å². The summed E-state index contributed by atoms with van der Waals surface area (Å²) in [5.74, 6) is 0.208. The average molecular weight is 585 g/mol. The molecule has 3 aromatic carbocycles. The van der Waals surface area contributed by atoms with Gasteiger partial charge in [0.1, 0.15) is 11.5 Å². The van der Waals surface area contributed by atoms with Crippen molar-refractivity contribution in [1.82, 2.24) is 0 Å². The van der Waals surface area contributed by atoms with Crippen LogP contribution >= 0.6 is 0 Å². The van der Waals surface area contributed by atoms with E-state index in [4.69, 9.17) is 23.7 Å². The van der Waals surface area contributed by atoms with Gasteiger partial charge < -0.3 is 23.7 Å². The Morgan fingerprint density at radius 2 is 1.40 bits per heavy atom. The van der Waals surface area contributed by atoms with E-state index in [2.05, 4.69) is 20.1 Å². The van der Waals surface area contributed by atoms with Crippen LogP contribution in [0.2, 0.25) is 0 Å². The third-order valence-electron chi connectivity index (χ3n) is 7.22. The van der Waals surface area contributed by atoms with E-state index in [0.717, 1.165) is 34.2 Å². The number of rotatable bonds is 13. The van der Waals surface area contributed by atoms with Gasteiger partial charge in [-0.1, -0.05) is 81.8 Å². The molecule has 7 nitrogen and oxygen atoms in total. The zero-order chi connectivity index (χ0) is 30.8. The number of hydrogen-bond donors (Lipinski definition) is 0. The summed E-state index contributed by atoms with van der Waals surface area (Å²) in [5.41, 5.74) is 5.23. The molecular weight excluding hydrogens is 544 g/mol. The molecule has 3 aromatic rings. The predicted octanol–water partition coefficient (Wildman–Crippen LogP) is 7.85. The predicted molar refractivity (Wildman–Crippen MR) is 167 cm³/mol. The smallest absolute Gasteiger partial charge is 0.341 e. The Kier molecular flexibility index (Phi) is 11.4. The van der Waals surface area contributed by atoms with Gasteiger partial charge in [0.15, 0.2) is 6.29 Å². The Morgan fingerprint density at radius 3 is 2.00 bits per heavy atom. The van der Waals surface area contributed by atoms with E-state index in [1.165, 1.54) is 26.4 Å². The number of esters is 2. The highest BCUT2D eigenvalue weighted by atomic mass is 16.7. The molecule has 43 heavy (non-hydrogen) atoms. The molecule has 0 aromatic heterocycles. The lowest BCUT2D eigenvalue weighted by Crippen LogP contribution is -2.27. The molecule has 1 heterocycles. The van der Waals surface area contributed by atoms with Gasteiger partial charge in [0, 0.05) is 24.2 Å². The van der Waals surface area contributed by atoms with E-state index in [0.29, 0.717) is 36.2 Å². The summed E-state index contributed by atoms with van der Waals surface area (Å²) in [5, 5.41) is 0. The standard InChI is InChI=1S/C36H40O7/c1-6-7-8-9-26-22-40-36(41-23-26)33-20-31(43-34(37)24(2)3)18-19-32(33)29-12-10-27(11-13-29)28-14-16-30(17-15-28)42-35(38)25(4)21-39-5/h10-20,26,36H,2,4,6-9,21-23H2,1,3,5H3. The van der Waals surface area contributed by atoms with Crippen molar-refractivity contribution in [3.63, 3.8) is 0 Å². The van der Waals surface area contributed by atoms with E-state index in [-0.39, 0.29) is 12.2 Å². The summed E-state index contributed by atoms with van der Waals surface area (Å²) in [6, 6.07) is 20.9. The number of carbonyl (C=O) groups is 2. The van der Waals surface area contributed by atoms with E-state index in [1.807, 2.05) is 48.5 Å². The Hall–Kier alpha value is -4.04. The summed E-state index contributed by atoms with van der Waals surface area (Å²) in [7, 11) is 1.50. The van der Waals surface area contributed by atoms with Gasteiger partial charge in [-0.3, -0.25) is 0 Å². The second-order valence-electron chi connectivity index (χ2n) is 10.8. The van der Waals surface area contributed by atoms with Crippen LogP contribution in [-0.2, 0) is 23.8 Å². The number of ether oxygens (including phenoxy) is 5. The molecule has 1 fully saturated rings. The van der Waals surface area contributed by atoms with Crippen LogP contribution in [0, 0.1) is 5.92 Å². The summed E-state index contributed by atoms with van der Waals surface area (Å²) in [6.45, 7) is 12.5. The van der Waals surface area contributed by atoms with Gasteiger partial charge in [0.25, 0.3) is 0 Å². The van der Waals surface area contributed by atoms with E-state index in [9.17, 15) is 9.59 Å². The second kappa shape index (κ2) is 15.4. The van der Waals surface area contributed by atoms with E-state index in [1.54, 1.807) is 25.1 Å². The summed E-state index contributed by atoms with van der Waals surface area (Å²) in [6.07, 6.45) is 4.06. The minimum absolute atomic E-state index is 0.117. The van der Waals surface area contributed by atoms with Gasteiger partial charge in [-0.15, -0.1) is 0 Å². The first-order valence-electron chi connectivity index (χ1n) is 14.6. The number of hydrogen-bond acceptors (Lipinski definition) is 7. The lowest BCUT2D eigenvalue weighted by molar-refractivity contribution is -0.205. The van der Waals surface area contributed by atoms with Crippen LogP contribution in [-0.4, -0.2) is 38.9 Å². The first-order chi connectivity index (χ1) is 20.8. The van der Waals surface area contributed by atoms with Crippen LogP contribution in [0.1, 0.15) is 51.4 Å². The van der Waals surface area contributed by atoms with Crippen LogP contribution in [0.3, 0.4) is 0 Å². The molecule has 0 radical (unpaired) electrons. The maximum absolute atomic E-state index is 12.2. The first kappa shape index (κ1) is 31.9. The molecule has 0 saturated carbocycles. The first-order valence-corrected chi connectivity index (χ1v) is 14.6. The fourth-order valence-corrected chi connectivity index (χ4v) is 4.80. The molecule has 0 unspecified atom stereocenters. The van der Waals surface area contributed by atoms with Gasteiger partial charge >= 0.3 is 11.9 Å². The topological polar surface area (TPSA) is 80.3 Å². The van der Waals surface area contributed by atoms with Gasteiger partial charge in [-0.2, -0.15) is 0 Å². The molecule has 0 bridgehead atoms. The Balaban J connectivity index is 1.52. The lowest BCUT2D eigenvalue weighted by atomic mass is 9.95. The Bertz CT molecular complexity index is 1410. The van der Waals surface area contributed by atoms with Crippen molar-refractivity contribution in [2.45, 2.75) is 45.8 Å². The summed E-state index contributed by atoms with van der Waals surface area (Å²) >= 11 is 0. The molecule has 1 aliphatic rings.